The lowest BCUT2D eigenvalue weighted by Crippen LogP contribution is -2.52. The van der Waals surface area contributed by atoms with Gasteiger partial charge in [0.15, 0.2) is 0 Å². The second-order valence-electron chi connectivity index (χ2n) is 8.66. The molecule has 0 unspecified atom stereocenters. The summed E-state index contributed by atoms with van der Waals surface area (Å²) in [4.78, 5) is 29.7. The Balaban J connectivity index is 1.42. The lowest BCUT2D eigenvalue weighted by Gasteiger charge is -2.38. The molecule has 30 heavy (non-hydrogen) atoms. The van der Waals surface area contributed by atoms with E-state index in [1.807, 2.05) is 11.0 Å². The number of likely N-dealkylation sites (tertiary alicyclic amines) is 1. The van der Waals surface area contributed by atoms with Crippen molar-refractivity contribution in [2.24, 2.45) is 11.3 Å². The molecule has 3 aliphatic rings. The van der Waals surface area contributed by atoms with Crippen molar-refractivity contribution >= 4 is 23.2 Å². The number of thiophene rings is 1. The molecule has 0 aliphatic carbocycles. The van der Waals surface area contributed by atoms with Crippen LogP contribution in [-0.4, -0.2) is 78.2 Å². The van der Waals surface area contributed by atoms with Crippen LogP contribution in [0.15, 0.2) is 35.3 Å². The van der Waals surface area contributed by atoms with Crippen LogP contribution in [-0.2, 0) is 16.1 Å². The van der Waals surface area contributed by atoms with Crippen molar-refractivity contribution in [1.29, 1.82) is 0 Å². The van der Waals surface area contributed by atoms with Gasteiger partial charge in [0.2, 0.25) is 11.9 Å². The first-order valence-corrected chi connectivity index (χ1v) is 11.8. The highest BCUT2D eigenvalue weighted by Crippen LogP contribution is 2.45. The summed E-state index contributed by atoms with van der Waals surface area (Å²) in [6.45, 7) is 7.18. The highest BCUT2D eigenvalue weighted by atomic mass is 32.1. The minimum Gasteiger partial charge on any atom is -0.378 e. The molecule has 160 valence electrons. The fourth-order valence-electron chi connectivity index (χ4n) is 5.33. The van der Waals surface area contributed by atoms with Gasteiger partial charge in [0, 0.05) is 57.6 Å². The lowest BCUT2D eigenvalue weighted by atomic mass is 9.73. The molecule has 0 spiro atoms. The first-order valence-electron chi connectivity index (χ1n) is 10.9. The third kappa shape index (κ3) is 3.84. The summed E-state index contributed by atoms with van der Waals surface area (Å²) in [6, 6.07) is 4.05. The van der Waals surface area contributed by atoms with Crippen molar-refractivity contribution in [2.75, 3.05) is 57.4 Å². The minimum atomic E-state index is -0.361. The summed E-state index contributed by atoms with van der Waals surface area (Å²) in [6.07, 6.45) is 5.54. The van der Waals surface area contributed by atoms with Crippen LogP contribution in [0.4, 0.5) is 5.95 Å². The van der Waals surface area contributed by atoms with Gasteiger partial charge in [0.1, 0.15) is 0 Å². The SMILES string of the molecule is O=C(N1CCOCC1)[C@]12CCCN(Cc3ccsc3)C[C@H]1CN(c1ncccn1)C2. The number of anilines is 1. The maximum Gasteiger partial charge on any atom is 0.231 e. The number of amides is 1. The molecule has 2 aromatic heterocycles. The molecule has 1 amide bonds. The smallest absolute Gasteiger partial charge is 0.231 e. The van der Waals surface area contributed by atoms with E-state index in [4.69, 9.17) is 4.74 Å². The van der Waals surface area contributed by atoms with Gasteiger partial charge in [0.25, 0.3) is 0 Å². The summed E-state index contributed by atoms with van der Waals surface area (Å²) in [5.41, 5.74) is 1.01. The minimum absolute atomic E-state index is 0.276. The summed E-state index contributed by atoms with van der Waals surface area (Å²) in [7, 11) is 0. The van der Waals surface area contributed by atoms with Crippen LogP contribution in [0.3, 0.4) is 0 Å². The highest BCUT2D eigenvalue weighted by Gasteiger charge is 2.54. The molecule has 3 fully saturated rings. The van der Waals surface area contributed by atoms with Crippen molar-refractivity contribution < 1.29 is 9.53 Å². The fourth-order valence-corrected chi connectivity index (χ4v) is 5.99. The largest absolute Gasteiger partial charge is 0.378 e. The molecule has 2 atom stereocenters. The van der Waals surface area contributed by atoms with E-state index in [1.54, 1.807) is 23.7 Å². The maximum atomic E-state index is 13.9. The predicted molar refractivity (Wildman–Crippen MR) is 116 cm³/mol. The van der Waals surface area contributed by atoms with E-state index in [2.05, 4.69) is 36.6 Å². The average Bonchev–Trinajstić information content (AvgIpc) is 3.40. The number of rotatable bonds is 4. The summed E-state index contributed by atoms with van der Waals surface area (Å²) in [5, 5.41) is 4.37. The molecular formula is C22H29N5O2S. The maximum absolute atomic E-state index is 13.9. The topological polar surface area (TPSA) is 61.8 Å². The van der Waals surface area contributed by atoms with Gasteiger partial charge in [-0.05, 0) is 47.8 Å². The Morgan fingerprint density at radius 2 is 2.03 bits per heavy atom. The number of aromatic nitrogens is 2. The zero-order valence-electron chi connectivity index (χ0n) is 17.3. The Hall–Kier alpha value is -2.03. The third-order valence-corrected chi connectivity index (χ3v) is 7.55. The van der Waals surface area contributed by atoms with Crippen LogP contribution in [0.5, 0.6) is 0 Å². The first-order chi connectivity index (χ1) is 14.7. The van der Waals surface area contributed by atoms with Gasteiger partial charge in [-0.2, -0.15) is 11.3 Å². The number of hydrogen-bond acceptors (Lipinski definition) is 7. The van der Waals surface area contributed by atoms with Crippen LogP contribution in [0.25, 0.3) is 0 Å². The number of fused-ring (bicyclic) bond motifs is 1. The van der Waals surface area contributed by atoms with Crippen molar-refractivity contribution in [1.82, 2.24) is 19.8 Å². The van der Waals surface area contributed by atoms with E-state index < -0.39 is 0 Å². The van der Waals surface area contributed by atoms with Crippen LogP contribution in [0.2, 0.25) is 0 Å². The van der Waals surface area contributed by atoms with Gasteiger partial charge in [-0.1, -0.05) is 0 Å². The number of nitrogens with zero attached hydrogens (tertiary/aromatic N) is 5. The number of ether oxygens (including phenoxy) is 1. The molecule has 5 rings (SSSR count). The Bertz CT molecular complexity index is 842. The molecule has 0 bridgehead atoms. The molecule has 3 saturated heterocycles. The summed E-state index contributed by atoms with van der Waals surface area (Å²) >= 11 is 1.75. The van der Waals surface area contributed by atoms with E-state index in [9.17, 15) is 4.79 Å². The molecule has 7 nitrogen and oxygen atoms in total. The molecule has 5 heterocycles. The Kier molecular flexibility index (Phi) is 5.71. The number of carbonyl (C=O) groups is 1. The quantitative estimate of drug-likeness (QED) is 0.745. The lowest BCUT2D eigenvalue weighted by molar-refractivity contribution is -0.148. The summed E-state index contributed by atoms with van der Waals surface area (Å²) in [5.74, 6) is 1.33. The highest BCUT2D eigenvalue weighted by molar-refractivity contribution is 7.07. The van der Waals surface area contributed by atoms with Crippen LogP contribution < -0.4 is 4.90 Å². The van der Waals surface area contributed by atoms with Crippen LogP contribution >= 0.6 is 11.3 Å². The predicted octanol–water partition coefficient (Wildman–Crippen LogP) is 2.12. The second kappa shape index (κ2) is 8.61. The second-order valence-corrected chi connectivity index (χ2v) is 9.44. The van der Waals surface area contributed by atoms with Gasteiger partial charge in [-0.3, -0.25) is 9.69 Å². The third-order valence-electron chi connectivity index (χ3n) is 6.82. The van der Waals surface area contributed by atoms with Gasteiger partial charge in [-0.15, -0.1) is 0 Å². The number of morpholine rings is 1. The molecular weight excluding hydrogens is 398 g/mol. The first kappa shape index (κ1) is 19.9. The molecule has 2 aromatic rings. The molecule has 3 aliphatic heterocycles. The van der Waals surface area contributed by atoms with Crippen LogP contribution in [0.1, 0.15) is 18.4 Å². The number of carbonyl (C=O) groups excluding carboxylic acids is 1. The fraction of sp³-hybridized carbons (Fsp3) is 0.591. The van der Waals surface area contributed by atoms with Gasteiger partial charge < -0.3 is 14.5 Å². The number of hydrogen-bond donors (Lipinski definition) is 0. The van der Waals surface area contributed by atoms with Gasteiger partial charge in [0.05, 0.1) is 18.6 Å². The van der Waals surface area contributed by atoms with E-state index in [0.717, 1.165) is 45.0 Å². The van der Waals surface area contributed by atoms with Crippen molar-refractivity contribution in [2.45, 2.75) is 19.4 Å². The molecule has 0 aromatic carbocycles. The standard InChI is InChI=1S/C22H29N5O2S/c28-20(26-8-10-29-11-9-26)22-4-1-7-25(13-18-3-12-30-16-18)14-19(22)15-27(17-22)21-23-5-2-6-24-21/h2-3,5-6,12,16,19H,1,4,7-11,13-15,17H2/t19-,22-/m0/s1. The van der Waals surface area contributed by atoms with Crippen molar-refractivity contribution in [3.8, 4) is 0 Å². The van der Waals surface area contributed by atoms with Gasteiger partial charge in [-0.25, -0.2) is 9.97 Å². The zero-order chi connectivity index (χ0) is 20.4. The molecule has 0 radical (unpaired) electrons. The Morgan fingerprint density at radius 3 is 2.80 bits per heavy atom. The Morgan fingerprint density at radius 1 is 1.20 bits per heavy atom. The molecule has 0 N–H and O–H groups in total. The van der Waals surface area contributed by atoms with E-state index in [0.29, 0.717) is 38.8 Å². The van der Waals surface area contributed by atoms with E-state index in [-0.39, 0.29) is 11.3 Å². The Labute approximate surface area is 181 Å². The zero-order valence-corrected chi connectivity index (χ0v) is 18.1. The van der Waals surface area contributed by atoms with Crippen molar-refractivity contribution in [3.63, 3.8) is 0 Å². The normalized spacial score (nSPS) is 27.7. The van der Waals surface area contributed by atoms with E-state index >= 15 is 0 Å². The van der Waals surface area contributed by atoms with E-state index in [1.165, 1.54) is 5.56 Å². The summed E-state index contributed by atoms with van der Waals surface area (Å²) < 4.78 is 5.51. The molecule has 8 heteroatoms. The van der Waals surface area contributed by atoms with Crippen LogP contribution in [0, 0.1) is 11.3 Å². The monoisotopic (exact) mass is 427 g/mol. The van der Waals surface area contributed by atoms with Gasteiger partial charge >= 0.3 is 0 Å². The average molecular weight is 428 g/mol. The van der Waals surface area contributed by atoms with Crippen molar-refractivity contribution in [3.05, 3.63) is 40.8 Å². The molecule has 0 saturated carbocycles.